The molecule has 16 heavy (non-hydrogen) atoms. The SMILES string of the molecule is CCC(O)c1ccc(-c2ccccc2)cc1. The molecular formula is C15H16O. The second-order valence-electron chi connectivity index (χ2n) is 3.91. The van der Waals surface area contributed by atoms with E-state index in [0.717, 1.165) is 12.0 Å². The molecule has 1 N–H and O–H groups in total. The zero-order valence-electron chi connectivity index (χ0n) is 9.43. The van der Waals surface area contributed by atoms with Crippen LogP contribution in [0.3, 0.4) is 0 Å². The largest absolute Gasteiger partial charge is 0.388 e. The van der Waals surface area contributed by atoms with Gasteiger partial charge in [-0.15, -0.1) is 0 Å². The second kappa shape index (κ2) is 4.95. The van der Waals surface area contributed by atoms with Crippen LogP contribution in [0.25, 0.3) is 11.1 Å². The van der Waals surface area contributed by atoms with E-state index in [-0.39, 0.29) is 6.10 Å². The lowest BCUT2D eigenvalue weighted by Crippen LogP contribution is -1.94. The molecule has 2 aromatic carbocycles. The van der Waals surface area contributed by atoms with Crippen molar-refractivity contribution in [3.05, 3.63) is 60.2 Å². The zero-order chi connectivity index (χ0) is 11.4. The molecule has 1 atom stereocenters. The highest BCUT2D eigenvalue weighted by molar-refractivity contribution is 5.63. The van der Waals surface area contributed by atoms with Crippen LogP contribution in [0.4, 0.5) is 0 Å². The minimum atomic E-state index is -0.343. The molecule has 82 valence electrons. The van der Waals surface area contributed by atoms with Crippen molar-refractivity contribution in [2.75, 3.05) is 0 Å². The van der Waals surface area contributed by atoms with Gasteiger partial charge in [0, 0.05) is 0 Å². The van der Waals surface area contributed by atoms with Gasteiger partial charge in [0.1, 0.15) is 0 Å². The molecule has 2 rings (SSSR count). The van der Waals surface area contributed by atoms with Crippen molar-refractivity contribution in [3.63, 3.8) is 0 Å². The van der Waals surface area contributed by atoms with Crippen LogP contribution >= 0.6 is 0 Å². The van der Waals surface area contributed by atoms with Crippen LogP contribution in [0, 0.1) is 0 Å². The quantitative estimate of drug-likeness (QED) is 0.820. The van der Waals surface area contributed by atoms with Crippen molar-refractivity contribution in [3.8, 4) is 11.1 Å². The lowest BCUT2D eigenvalue weighted by Gasteiger charge is -2.09. The standard InChI is InChI=1S/C15H16O/c1-2-15(16)14-10-8-13(9-11-14)12-6-4-3-5-7-12/h3-11,15-16H,2H2,1H3. The molecular weight excluding hydrogens is 196 g/mol. The first-order chi connectivity index (χ1) is 7.81. The molecule has 0 radical (unpaired) electrons. The number of aliphatic hydroxyl groups excluding tert-OH is 1. The van der Waals surface area contributed by atoms with Crippen LogP contribution in [0.5, 0.6) is 0 Å². The first-order valence-corrected chi connectivity index (χ1v) is 5.64. The number of benzene rings is 2. The first kappa shape index (κ1) is 10.9. The third kappa shape index (κ3) is 2.31. The fourth-order valence-electron chi connectivity index (χ4n) is 1.76. The van der Waals surface area contributed by atoms with Gasteiger partial charge < -0.3 is 5.11 Å². The Kier molecular flexibility index (Phi) is 3.37. The molecule has 0 saturated carbocycles. The Balaban J connectivity index is 2.26. The molecule has 0 amide bonds. The van der Waals surface area contributed by atoms with Gasteiger partial charge in [-0.3, -0.25) is 0 Å². The van der Waals surface area contributed by atoms with Gasteiger partial charge in [-0.05, 0) is 23.1 Å². The van der Waals surface area contributed by atoms with Gasteiger partial charge >= 0.3 is 0 Å². The first-order valence-electron chi connectivity index (χ1n) is 5.64. The molecule has 0 aromatic heterocycles. The highest BCUT2D eigenvalue weighted by Crippen LogP contribution is 2.22. The van der Waals surface area contributed by atoms with E-state index >= 15 is 0 Å². The van der Waals surface area contributed by atoms with Crippen molar-refractivity contribution >= 4 is 0 Å². The third-order valence-electron chi connectivity index (χ3n) is 2.79. The van der Waals surface area contributed by atoms with E-state index in [0.29, 0.717) is 0 Å². The van der Waals surface area contributed by atoms with E-state index < -0.39 is 0 Å². The maximum Gasteiger partial charge on any atom is 0.0787 e. The molecule has 0 bridgehead atoms. The maximum absolute atomic E-state index is 9.69. The Morgan fingerprint density at radius 3 is 2.00 bits per heavy atom. The van der Waals surface area contributed by atoms with E-state index in [1.807, 2.05) is 37.3 Å². The summed E-state index contributed by atoms with van der Waals surface area (Å²) in [5.74, 6) is 0. The summed E-state index contributed by atoms with van der Waals surface area (Å²) in [6.45, 7) is 1.98. The zero-order valence-corrected chi connectivity index (χ0v) is 9.43. The Morgan fingerprint density at radius 2 is 1.44 bits per heavy atom. The normalized spacial score (nSPS) is 12.4. The van der Waals surface area contributed by atoms with Crippen LogP contribution in [-0.2, 0) is 0 Å². The third-order valence-corrected chi connectivity index (χ3v) is 2.79. The Labute approximate surface area is 96.4 Å². The minimum absolute atomic E-state index is 0.343. The van der Waals surface area contributed by atoms with Gasteiger partial charge in [0.25, 0.3) is 0 Å². The van der Waals surface area contributed by atoms with Crippen LogP contribution in [0.2, 0.25) is 0 Å². The Bertz CT molecular complexity index is 431. The monoisotopic (exact) mass is 212 g/mol. The van der Waals surface area contributed by atoms with Gasteiger partial charge in [0.05, 0.1) is 6.10 Å². The van der Waals surface area contributed by atoms with E-state index in [2.05, 4.69) is 24.3 Å². The highest BCUT2D eigenvalue weighted by Gasteiger charge is 2.04. The molecule has 0 spiro atoms. The fraction of sp³-hybridized carbons (Fsp3) is 0.200. The molecule has 0 aliphatic rings. The van der Waals surface area contributed by atoms with E-state index in [1.165, 1.54) is 11.1 Å². The van der Waals surface area contributed by atoms with Gasteiger partial charge in [-0.1, -0.05) is 61.5 Å². The molecule has 1 unspecified atom stereocenters. The highest BCUT2D eigenvalue weighted by atomic mass is 16.3. The lowest BCUT2D eigenvalue weighted by atomic mass is 10.0. The van der Waals surface area contributed by atoms with Crippen LogP contribution in [-0.4, -0.2) is 5.11 Å². The average Bonchev–Trinajstić information content (AvgIpc) is 2.39. The van der Waals surface area contributed by atoms with Gasteiger partial charge in [0.15, 0.2) is 0 Å². The number of rotatable bonds is 3. The summed E-state index contributed by atoms with van der Waals surface area (Å²) >= 11 is 0. The molecule has 0 saturated heterocycles. The fourth-order valence-corrected chi connectivity index (χ4v) is 1.76. The van der Waals surface area contributed by atoms with Crippen LogP contribution in [0.15, 0.2) is 54.6 Å². The smallest absolute Gasteiger partial charge is 0.0787 e. The van der Waals surface area contributed by atoms with Crippen LogP contribution in [0.1, 0.15) is 25.0 Å². The minimum Gasteiger partial charge on any atom is -0.388 e. The summed E-state index contributed by atoms with van der Waals surface area (Å²) in [5, 5.41) is 9.69. The number of aliphatic hydroxyl groups is 1. The molecule has 1 heteroatoms. The van der Waals surface area contributed by atoms with E-state index in [4.69, 9.17) is 0 Å². The van der Waals surface area contributed by atoms with Crippen molar-refractivity contribution in [1.82, 2.24) is 0 Å². The summed E-state index contributed by atoms with van der Waals surface area (Å²) in [6.07, 6.45) is 0.412. The summed E-state index contributed by atoms with van der Waals surface area (Å²) in [5.41, 5.74) is 3.38. The number of hydrogen-bond acceptors (Lipinski definition) is 1. The molecule has 1 nitrogen and oxygen atoms in total. The second-order valence-corrected chi connectivity index (χ2v) is 3.91. The van der Waals surface area contributed by atoms with Crippen molar-refractivity contribution < 1.29 is 5.11 Å². The molecule has 0 aliphatic heterocycles. The van der Waals surface area contributed by atoms with Crippen molar-refractivity contribution in [2.24, 2.45) is 0 Å². The molecule has 2 aromatic rings. The van der Waals surface area contributed by atoms with E-state index in [1.54, 1.807) is 0 Å². The van der Waals surface area contributed by atoms with E-state index in [9.17, 15) is 5.11 Å². The van der Waals surface area contributed by atoms with Crippen molar-refractivity contribution in [2.45, 2.75) is 19.4 Å². The lowest BCUT2D eigenvalue weighted by molar-refractivity contribution is 0.173. The summed E-state index contributed by atoms with van der Waals surface area (Å²) < 4.78 is 0. The predicted molar refractivity (Wildman–Crippen MR) is 67.1 cm³/mol. The van der Waals surface area contributed by atoms with Crippen molar-refractivity contribution in [1.29, 1.82) is 0 Å². The molecule has 0 aliphatic carbocycles. The van der Waals surface area contributed by atoms with Gasteiger partial charge in [0.2, 0.25) is 0 Å². The van der Waals surface area contributed by atoms with Crippen LogP contribution < -0.4 is 0 Å². The summed E-state index contributed by atoms with van der Waals surface area (Å²) in [6, 6.07) is 18.4. The Hall–Kier alpha value is -1.60. The molecule has 0 fully saturated rings. The average molecular weight is 212 g/mol. The van der Waals surface area contributed by atoms with Gasteiger partial charge in [-0.2, -0.15) is 0 Å². The molecule has 0 heterocycles. The predicted octanol–water partition coefficient (Wildman–Crippen LogP) is 3.80. The van der Waals surface area contributed by atoms with Gasteiger partial charge in [-0.25, -0.2) is 0 Å². The summed E-state index contributed by atoms with van der Waals surface area (Å²) in [4.78, 5) is 0. The topological polar surface area (TPSA) is 20.2 Å². The Morgan fingerprint density at radius 1 is 0.875 bits per heavy atom. The maximum atomic E-state index is 9.69. The summed E-state index contributed by atoms with van der Waals surface area (Å²) in [7, 11) is 0. The number of hydrogen-bond donors (Lipinski definition) is 1.